The highest BCUT2D eigenvalue weighted by atomic mass is 32.1. The van der Waals surface area contributed by atoms with Crippen LogP contribution in [0.2, 0.25) is 0 Å². The second kappa shape index (κ2) is 9.60. The number of halogens is 2. The molecular formula is C27H19F2N3O2S. The molecule has 0 bridgehead atoms. The van der Waals surface area contributed by atoms with Crippen molar-refractivity contribution in [1.82, 2.24) is 9.97 Å². The van der Waals surface area contributed by atoms with Gasteiger partial charge in [-0.1, -0.05) is 30.3 Å². The Morgan fingerprint density at radius 3 is 2.66 bits per heavy atom. The first kappa shape index (κ1) is 22.6. The highest BCUT2D eigenvalue weighted by Crippen LogP contribution is 2.30. The number of pyridine rings is 1. The van der Waals surface area contributed by atoms with E-state index in [0.717, 1.165) is 23.0 Å². The topological polar surface area (TPSA) is 64.1 Å². The fraction of sp³-hybridized carbons (Fsp3) is 0.0741. The molecule has 0 aliphatic heterocycles. The lowest BCUT2D eigenvalue weighted by molar-refractivity contribution is 0.102. The molecule has 8 heteroatoms. The van der Waals surface area contributed by atoms with Gasteiger partial charge in [-0.05, 0) is 43.3 Å². The normalized spacial score (nSPS) is 10.9. The Morgan fingerprint density at radius 1 is 0.971 bits per heavy atom. The lowest BCUT2D eigenvalue weighted by Crippen LogP contribution is -2.13. The van der Waals surface area contributed by atoms with E-state index >= 15 is 0 Å². The van der Waals surface area contributed by atoms with Gasteiger partial charge in [-0.25, -0.2) is 18.7 Å². The zero-order valence-corrected chi connectivity index (χ0v) is 19.4. The molecule has 5 aromatic rings. The predicted molar refractivity (Wildman–Crippen MR) is 134 cm³/mol. The van der Waals surface area contributed by atoms with Gasteiger partial charge in [-0.15, -0.1) is 11.3 Å². The first-order valence-electron chi connectivity index (χ1n) is 10.9. The molecule has 0 saturated carbocycles. The summed E-state index contributed by atoms with van der Waals surface area (Å²) in [5, 5.41) is 5.40. The summed E-state index contributed by atoms with van der Waals surface area (Å²) in [5.41, 5.74) is 3.02. The smallest absolute Gasteiger partial charge is 0.258 e. The maximum atomic E-state index is 14.2. The molecule has 0 atom stereocenters. The molecule has 0 spiro atoms. The molecule has 1 amide bonds. The number of benzene rings is 3. The first-order valence-corrected chi connectivity index (χ1v) is 11.7. The van der Waals surface area contributed by atoms with Crippen LogP contribution >= 0.6 is 11.3 Å². The molecule has 0 aliphatic carbocycles. The van der Waals surface area contributed by atoms with Crippen molar-refractivity contribution in [1.29, 1.82) is 0 Å². The highest BCUT2D eigenvalue weighted by molar-refractivity contribution is 7.14. The maximum Gasteiger partial charge on any atom is 0.258 e. The molecule has 2 aromatic heterocycles. The summed E-state index contributed by atoms with van der Waals surface area (Å²) in [4.78, 5) is 22.4. The van der Waals surface area contributed by atoms with E-state index in [9.17, 15) is 13.6 Å². The van der Waals surface area contributed by atoms with E-state index in [1.54, 1.807) is 11.4 Å². The van der Waals surface area contributed by atoms with Crippen molar-refractivity contribution >= 4 is 33.3 Å². The first-order chi connectivity index (χ1) is 17.0. The van der Waals surface area contributed by atoms with Crippen LogP contribution in [0.1, 0.15) is 17.3 Å². The summed E-state index contributed by atoms with van der Waals surface area (Å²) in [6.45, 7) is 2.46. The third kappa shape index (κ3) is 4.74. The molecule has 5 nitrogen and oxygen atoms in total. The Bertz CT molecular complexity index is 1550. The average Bonchev–Trinajstić information content (AvgIpc) is 3.31. The van der Waals surface area contributed by atoms with E-state index in [4.69, 9.17) is 9.72 Å². The van der Waals surface area contributed by atoms with Gasteiger partial charge in [-0.2, -0.15) is 0 Å². The molecule has 174 valence electrons. The van der Waals surface area contributed by atoms with Crippen molar-refractivity contribution in [2.45, 2.75) is 6.92 Å². The van der Waals surface area contributed by atoms with Crippen LogP contribution < -0.4 is 10.1 Å². The summed E-state index contributed by atoms with van der Waals surface area (Å²) < 4.78 is 33.0. The van der Waals surface area contributed by atoms with Crippen LogP contribution in [0, 0.1) is 11.6 Å². The predicted octanol–water partition coefficient (Wildman–Crippen LogP) is 6.95. The van der Waals surface area contributed by atoms with Gasteiger partial charge in [0.15, 0.2) is 5.13 Å². The quantitative estimate of drug-likeness (QED) is 0.281. The van der Waals surface area contributed by atoms with Crippen LogP contribution in [-0.4, -0.2) is 22.5 Å². The molecule has 0 radical (unpaired) electrons. The summed E-state index contributed by atoms with van der Waals surface area (Å²) in [5.74, 6) is -1.03. The van der Waals surface area contributed by atoms with Gasteiger partial charge in [-0.3, -0.25) is 10.1 Å². The van der Waals surface area contributed by atoms with Gasteiger partial charge in [0.2, 0.25) is 0 Å². The Balaban J connectivity index is 1.49. The van der Waals surface area contributed by atoms with Gasteiger partial charge >= 0.3 is 0 Å². The van der Waals surface area contributed by atoms with Crippen molar-refractivity contribution in [2.24, 2.45) is 0 Å². The fourth-order valence-electron chi connectivity index (χ4n) is 3.74. The van der Waals surface area contributed by atoms with Crippen molar-refractivity contribution in [2.75, 3.05) is 11.9 Å². The number of aromatic nitrogens is 2. The van der Waals surface area contributed by atoms with Crippen molar-refractivity contribution < 1.29 is 18.3 Å². The monoisotopic (exact) mass is 487 g/mol. The number of amides is 1. The van der Waals surface area contributed by atoms with Crippen molar-refractivity contribution in [3.05, 3.63) is 95.4 Å². The summed E-state index contributed by atoms with van der Waals surface area (Å²) >= 11 is 1.16. The van der Waals surface area contributed by atoms with Crippen LogP contribution in [0.25, 0.3) is 33.4 Å². The number of carbonyl (C=O) groups is 1. The largest absolute Gasteiger partial charge is 0.494 e. The molecule has 35 heavy (non-hydrogen) atoms. The maximum absolute atomic E-state index is 14.2. The Labute approximate surface area is 204 Å². The SMILES string of the molecule is CCOc1cccc(-c2cc(C(=O)Nc3nc(-c4ccc(F)cc4F)cs3)c3ccccc3n2)c1. The summed E-state index contributed by atoms with van der Waals surface area (Å²) in [6, 6.07) is 19.9. The van der Waals surface area contributed by atoms with Crippen LogP contribution in [0.4, 0.5) is 13.9 Å². The lowest BCUT2D eigenvalue weighted by atomic mass is 10.0. The number of anilines is 1. The van der Waals surface area contributed by atoms with Gasteiger partial charge in [0.25, 0.3) is 5.91 Å². The molecule has 0 aliphatic rings. The van der Waals surface area contributed by atoms with E-state index < -0.39 is 11.6 Å². The number of nitrogens with one attached hydrogen (secondary N) is 1. The van der Waals surface area contributed by atoms with Crippen molar-refractivity contribution in [3.8, 4) is 28.3 Å². The number of rotatable bonds is 6. The van der Waals surface area contributed by atoms with Gasteiger partial charge in [0, 0.05) is 28.0 Å². The number of thiazole rings is 1. The minimum atomic E-state index is -0.716. The van der Waals surface area contributed by atoms with E-state index in [1.807, 2.05) is 55.5 Å². The molecule has 0 unspecified atom stereocenters. The molecule has 5 rings (SSSR count). The van der Waals surface area contributed by atoms with Gasteiger partial charge in [0.1, 0.15) is 17.4 Å². The minimum Gasteiger partial charge on any atom is -0.494 e. The van der Waals surface area contributed by atoms with Crippen molar-refractivity contribution in [3.63, 3.8) is 0 Å². The van der Waals surface area contributed by atoms with Crippen LogP contribution in [0.5, 0.6) is 5.75 Å². The summed E-state index contributed by atoms with van der Waals surface area (Å²) in [6.07, 6.45) is 0. The number of hydrogen-bond donors (Lipinski definition) is 1. The molecule has 0 fully saturated rings. The van der Waals surface area contributed by atoms with E-state index in [0.29, 0.717) is 45.3 Å². The fourth-order valence-corrected chi connectivity index (χ4v) is 4.45. The molecule has 1 N–H and O–H groups in total. The minimum absolute atomic E-state index is 0.161. The molecule has 0 saturated heterocycles. The Morgan fingerprint density at radius 2 is 1.83 bits per heavy atom. The standard InChI is InChI=1S/C27H19F2N3O2S/c1-2-34-18-7-5-6-16(12-18)24-14-21(19-8-3-4-9-23(19)30-24)26(33)32-27-31-25(15-35-27)20-11-10-17(28)13-22(20)29/h3-15H,2H2,1H3,(H,31,32,33). The lowest BCUT2D eigenvalue weighted by Gasteiger charge is -2.11. The van der Waals surface area contributed by atoms with E-state index in [1.165, 1.54) is 12.1 Å². The van der Waals surface area contributed by atoms with Crippen LogP contribution in [0.3, 0.4) is 0 Å². The Kier molecular flexibility index (Phi) is 6.20. The third-order valence-electron chi connectivity index (χ3n) is 5.33. The van der Waals surface area contributed by atoms with E-state index in [2.05, 4.69) is 10.3 Å². The zero-order chi connectivity index (χ0) is 24.4. The van der Waals surface area contributed by atoms with Gasteiger partial charge in [0.05, 0.1) is 29.1 Å². The second-order valence-corrected chi connectivity index (χ2v) is 8.51. The van der Waals surface area contributed by atoms with E-state index in [-0.39, 0.29) is 11.5 Å². The second-order valence-electron chi connectivity index (χ2n) is 7.65. The zero-order valence-electron chi connectivity index (χ0n) is 18.6. The van der Waals surface area contributed by atoms with Crippen LogP contribution in [0.15, 0.2) is 78.2 Å². The molecular weight excluding hydrogens is 468 g/mol. The number of para-hydroxylation sites is 1. The third-order valence-corrected chi connectivity index (χ3v) is 6.09. The number of carbonyl (C=O) groups excluding carboxylic acids is 1. The Hall–Kier alpha value is -4.17. The number of nitrogens with zero attached hydrogens (tertiary/aromatic N) is 2. The average molecular weight is 488 g/mol. The highest BCUT2D eigenvalue weighted by Gasteiger charge is 2.17. The number of fused-ring (bicyclic) bond motifs is 1. The number of ether oxygens (including phenoxy) is 1. The van der Waals surface area contributed by atoms with Crippen LogP contribution in [-0.2, 0) is 0 Å². The van der Waals surface area contributed by atoms with Gasteiger partial charge < -0.3 is 4.74 Å². The molecule has 2 heterocycles. The molecule has 3 aromatic carbocycles. The number of hydrogen-bond acceptors (Lipinski definition) is 5. The summed E-state index contributed by atoms with van der Waals surface area (Å²) in [7, 11) is 0.